The average molecular weight is 521 g/mol. The largest absolute Gasteiger partial charge is 0.357 e. The third-order valence-corrected chi connectivity index (χ3v) is 5.54. The number of aliphatic imine (C=N–C) groups is 1. The van der Waals surface area contributed by atoms with Gasteiger partial charge in [-0.25, -0.2) is 9.59 Å². The van der Waals surface area contributed by atoms with Crippen molar-refractivity contribution in [3.8, 4) is 0 Å². The number of guanidine groups is 1. The van der Waals surface area contributed by atoms with E-state index in [1.165, 1.54) is 4.90 Å². The van der Waals surface area contributed by atoms with Gasteiger partial charge in [-0.15, -0.1) is 24.0 Å². The molecule has 3 rings (SSSR count). The molecule has 4 N–H and O–H groups in total. The molecule has 6 amide bonds. The quantitative estimate of drug-likeness (QED) is 0.166. The number of halogens is 1. The van der Waals surface area contributed by atoms with Crippen LogP contribution in [0.1, 0.15) is 26.7 Å². The highest BCUT2D eigenvalue weighted by atomic mass is 127. The van der Waals surface area contributed by atoms with Gasteiger partial charge in [-0.05, 0) is 32.6 Å². The summed E-state index contributed by atoms with van der Waals surface area (Å²) < 4.78 is 0. The molecule has 0 aliphatic carbocycles. The monoisotopic (exact) mass is 521 g/mol. The molecule has 0 spiro atoms. The molecular formula is C17H28IN7O4. The first kappa shape index (κ1) is 23.2. The van der Waals surface area contributed by atoms with Gasteiger partial charge in [0, 0.05) is 19.6 Å². The van der Waals surface area contributed by atoms with Crippen molar-refractivity contribution in [2.45, 2.75) is 32.2 Å². The van der Waals surface area contributed by atoms with Crippen LogP contribution in [0, 0.1) is 5.92 Å². The van der Waals surface area contributed by atoms with E-state index in [9.17, 15) is 19.2 Å². The summed E-state index contributed by atoms with van der Waals surface area (Å²) in [6.45, 7) is 6.41. The van der Waals surface area contributed by atoms with Crippen LogP contribution in [0.3, 0.4) is 0 Å². The molecule has 1 atom stereocenters. The van der Waals surface area contributed by atoms with Crippen LogP contribution in [0.5, 0.6) is 0 Å². The lowest BCUT2D eigenvalue weighted by Gasteiger charge is -2.39. The fourth-order valence-corrected chi connectivity index (χ4v) is 3.88. The molecule has 3 fully saturated rings. The standard InChI is InChI=1S/C17H27N7O4.HI/c1-3-18-14(19-6-9-24-12(25)10-20-16(24)28)23-7-4-11(5-8-23)17(2)13(26)21-15(27)22-17;/h11H,3-10H2,1-2H3,(H,18,19)(H,20,28)(H2,21,22,26,27);1H. The van der Waals surface area contributed by atoms with Crippen LogP contribution >= 0.6 is 24.0 Å². The van der Waals surface area contributed by atoms with Crippen molar-refractivity contribution in [2.75, 3.05) is 39.3 Å². The summed E-state index contributed by atoms with van der Waals surface area (Å²) in [6, 6.07) is -0.818. The summed E-state index contributed by atoms with van der Waals surface area (Å²) in [5, 5.41) is 10.8. The molecule has 3 aliphatic heterocycles. The number of nitrogens with zero attached hydrogens (tertiary/aromatic N) is 3. The van der Waals surface area contributed by atoms with Crippen molar-refractivity contribution in [3.05, 3.63) is 0 Å². The van der Waals surface area contributed by atoms with Gasteiger partial charge < -0.3 is 20.9 Å². The Morgan fingerprint density at radius 3 is 2.45 bits per heavy atom. The fraction of sp³-hybridized carbons (Fsp3) is 0.706. The number of urea groups is 2. The molecule has 3 aliphatic rings. The Hall–Kier alpha value is -2.12. The Morgan fingerprint density at radius 1 is 1.24 bits per heavy atom. The van der Waals surface area contributed by atoms with Gasteiger partial charge in [-0.2, -0.15) is 0 Å². The minimum absolute atomic E-state index is 0. The number of nitrogens with one attached hydrogen (secondary N) is 4. The second-order valence-electron chi connectivity index (χ2n) is 7.31. The van der Waals surface area contributed by atoms with E-state index < -0.39 is 11.6 Å². The Balaban J connectivity index is 0.00000300. The van der Waals surface area contributed by atoms with Gasteiger partial charge >= 0.3 is 12.1 Å². The number of likely N-dealkylation sites (tertiary alicyclic amines) is 1. The molecule has 0 aromatic carbocycles. The van der Waals surface area contributed by atoms with Crippen molar-refractivity contribution in [1.29, 1.82) is 0 Å². The summed E-state index contributed by atoms with van der Waals surface area (Å²) in [4.78, 5) is 54.7. The van der Waals surface area contributed by atoms with Crippen molar-refractivity contribution < 1.29 is 19.2 Å². The predicted octanol–water partition coefficient (Wildman–Crippen LogP) is -0.568. The molecule has 3 heterocycles. The lowest BCUT2D eigenvalue weighted by atomic mass is 9.79. The maximum atomic E-state index is 12.1. The Labute approximate surface area is 186 Å². The molecule has 0 aromatic heterocycles. The molecule has 0 bridgehead atoms. The molecule has 162 valence electrons. The first-order chi connectivity index (χ1) is 13.3. The highest BCUT2D eigenvalue weighted by Crippen LogP contribution is 2.30. The van der Waals surface area contributed by atoms with E-state index in [2.05, 4.69) is 31.2 Å². The van der Waals surface area contributed by atoms with Gasteiger partial charge in [-0.3, -0.25) is 24.8 Å². The zero-order chi connectivity index (χ0) is 20.3. The van der Waals surface area contributed by atoms with Crippen LogP contribution in [0.15, 0.2) is 4.99 Å². The molecule has 0 radical (unpaired) electrons. The zero-order valence-electron chi connectivity index (χ0n) is 16.6. The van der Waals surface area contributed by atoms with Crippen molar-refractivity contribution in [3.63, 3.8) is 0 Å². The zero-order valence-corrected chi connectivity index (χ0v) is 18.9. The van der Waals surface area contributed by atoms with E-state index in [1.807, 2.05) is 6.92 Å². The second-order valence-corrected chi connectivity index (χ2v) is 7.31. The highest BCUT2D eigenvalue weighted by molar-refractivity contribution is 14.0. The van der Waals surface area contributed by atoms with E-state index in [0.29, 0.717) is 26.2 Å². The number of imide groups is 2. The molecule has 1 unspecified atom stereocenters. The first-order valence-corrected chi connectivity index (χ1v) is 9.60. The smallest absolute Gasteiger partial charge is 0.324 e. The first-order valence-electron chi connectivity index (χ1n) is 9.60. The number of hydrogen-bond acceptors (Lipinski definition) is 5. The SMILES string of the molecule is CCNC(=NCCN1C(=O)CNC1=O)N1CCC(C2(C)NC(=O)NC2=O)CC1.I. The van der Waals surface area contributed by atoms with Crippen LogP contribution in [0.4, 0.5) is 9.59 Å². The van der Waals surface area contributed by atoms with E-state index in [0.717, 1.165) is 18.8 Å². The van der Waals surface area contributed by atoms with Crippen molar-refractivity contribution in [1.82, 2.24) is 31.1 Å². The minimum Gasteiger partial charge on any atom is -0.357 e. The van der Waals surface area contributed by atoms with Crippen molar-refractivity contribution >= 4 is 53.8 Å². The average Bonchev–Trinajstić information content (AvgIpc) is 3.13. The molecular weight excluding hydrogens is 493 g/mol. The van der Waals surface area contributed by atoms with E-state index in [4.69, 9.17) is 0 Å². The predicted molar refractivity (Wildman–Crippen MR) is 116 cm³/mol. The highest BCUT2D eigenvalue weighted by Gasteiger charge is 2.48. The molecule has 11 nitrogen and oxygen atoms in total. The minimum atomic E-state index is -0.873. The summed E-state index contributed by atoms with van der Waals surface area (Å²) >= 11 is 0. The number of piperidine rings is 1. The number of rotatable bonds is 5. The third kappa shape index (κ3) is 4.90. The Kier molecular flexibility index (Phi) is 7.66. The van der Waals surface area contributed by atoms with E-state index in [1.54, 1.807) is 6.92 Å². The lowest BCUT2D eigenvalue weighted by molar-refractivity contribution is -0.126. The van der Waals surface area contributed by atoms with Crippen LogP contribution in [0.2, 0.25) is 0 Å². The van der Waals surface area contributed by atoms with Crippen LogP contribution in [-0.4, -0.2) is 84.4 Å². The number of carbonyl (C=O) groups is 4. The molecule has 29 heavy (non-hydrogen) atoms. The summed E-state index contributed by atoms with van der Waals surface area (Å²) in [6.07, 6.45) is 1.48. The van der Waals surface area contributed by atoms with Gasteiger partial charge in [0.1, 0.15) is 5.54 Å². The van der Waals surface area contributed by atoms with Gasteiger partial charge in [0.2, 0.25) is 5.91 Å². The second kappa shape index (κ2) is 9.59. The van der Waals surface area contributed by atoms with Gasteiger partial charge in [0.05, 0.1) is 19.6 Å². The summed E-state index contributed by atoms with van der Waals surface area (Å²) in [5.41, 5.74) is -0.873. The molecule has 0 saturated carbocycles. The summed E-state index contributed by atoms with van der Waals surface area (Å²) in [7, 11) is 0. The Bertz CT molecular complexity index is 692. The Morgan fingerprint density at radius 2 is 1.93 bits per heavy atom. The maximum absolute atomic E-state index is 12.1. The fourth-order valence-electron chi connectivity index (χ4n) is 3.88. The van der Waals surface area contributed by atoms with Gasteiger partial charge in [0.15, 0.2) is 5.96 Å². The summed E-state index contributed by atoms with van der Waals surface area (Å²) in [5.74, 6) is 0.253. The van der Waals surface area contributed by atoms with Gasteiger partial charge in [0.25, 0.3) is 5.91 Å². The third-order valence-electron chi connectivity index (χ3n) is 5.54. The van der Waals surface area contributed by atoms with Crippen molar-refractivity contribution in [2.24, 2.45) is 10.9 Å². The maximum Gasteiger partial charge on any atom is 0.324 e. The van der Waals surface area contributed by atoms with Crippen LogP contribution < -0.4 is 21.3 Å². The van der Waals surface area contributed by atoms with E-state index in [-0.39, 0.29) is 60.8 Å². The molecule has 12 heteroatoms. The number of carbonyl (C=O) groups excluding carboxylic acids is 4. The molecule has 0 aromatic rings. The number of hydrogen-bond donors (Lipinski definition) is 4. The lowest BCUT2D eigenvalue weighted by Crippen LogP contribution is -2.55. The van der Waals surface area contributed by atoms with Crippen LogP contribution in [0.25, 0.3) is 0 Å². The normalized spacial score (nSPS) is 25.5. The van der Waals surface area contributed by atoms with Crippen LogP contribution in [-0.2, 0) is 9.59 Å². The topological polar surface area (TPSA) is 135 Å². The molecule has 3 saturated heterocycles. The van der Waals surface area contributed by atoms with E-state index >= 15 is 0 Å². The van der Waals surface area contributed by atoms with Gasteiger partial charge in [-0.1, -0.05) is 0 Å². The number of amides is 6.